The summed E-state index contributed by atoms with van der Waals surface area (Å²) < 4.78 is 10.6. The summed E-state index contributed by atoms with van der Waals surface area (Å²) in [6, 6.07) is 11.3. The zero-order valence-electron chi connectivity index (χ0n) is 13.2. The van der Waals surface area contributed by atoms with Crippen LogP contribution < -0.4 is 4.74 Å². The maximum Gasteiger partial charge on any atom is 0.356 e. The van der Waals surface area contributed by atoms with Crippen LogP contribution in [0.3, 0.4) is 0 Å². The molecule has 0 spiro atoms. The van der Waals surface area contributed by atoms with Crippen molar-refractivity contribution in [3.63, 3.8) is 0 Å². The van der Waals surface area contributed by atoms with E-state index >= 15 is 0 Å². The van der Waals surface area contributed by atoms with Crippen molar-refractivity contribution in [2.45, 2.75) is 19.4 Å². The van der Waals surface area contributed by atoms with E-state index in [0.29, 0.717) is 24.3 Å². The molecule has 2 aromatic rings. The molecule has 6 heteroatoms. The summed E-state index contributed by atoms with van der Waals surface area (Å²) in [7, 11) is 0. The number of nitrogens with zero attached hydrogens (tertiary/aromatic N) is 1. The Bertz CT molecular complexity index is 799. The largest absolute Gasteiger partial charge is 0.489 e. The van der Waals surface area contributed by atoms with Crippen molar-refractivity contribution in [1.29, 1.82) is 0 Å². The Morgan fingerprint density at radius 1 is 1.33 bits per heavy atom. The van der Waals surface area contributed by atoms with E-state index in [9.17, 15) is 9.59 Å². The van der Waals surface area contributed by atoms with E-state index < -0.39 is 5.97 Å². The molecule has 1 heterocycles. The number of oxime groups is 1. The molecule has 0 bridgehead atoms. The van der Waals surface area contributed by atoms with Crippen molar-refractivity contribution in [1.82, 2.24) is 0 Å². The van der Waals surface area contributed by atoms with Gasteiger partial charge in [-0.15, -0.1) is 0 Å². The topological polar surface area (TPSA) is 74.2 Å². The molecule has 1 atom stereocenters. The van der Waals surface area contributed by atoms with Crippen molar-refractivity contribution >= 4 is 28.7 Å². The van der Waals surface area contributed by atoms with Crippen LogP contribution in [0.15, 0.2) is 41.6 Å². The third-order valence-corrected chi connectivity index (χ3v) is 3.72. The van der Waals surface area contributed by atoms with Crippen molar-refractivity contribution in [2.75, 3.05) is 13.2 Å². The number of fused-ring (bicyclic) bond motifs is 1. The van der Waals surface area contributed by atoms with Gasteiger partial charge in [0.2, 0.25) is 0 Å². The second-order valence-corrected chi connectivity index (χ2v) is 5.32. The number of aldehydes is 1. The summed E-state index contributed by atoms with van der Waals surface area (Å²) >= 11 is 0. The zero-order valence-corrected chi connectivity index (χ0v) is 13.2. The molecule has 0 fully saturated rings. The van der Waals surface area contributed by atoms with Crippen molar-refractivity contribution in [3.8, 4) is 5.75 Å². The highest BCUT2D eigenvalue weighted by Gasteiger charge is 2.27. The number of carbonyl (C=O) groups excluding carboxylic acids is 2. The number of carbonyl (C=O) groups is 2. The van der Waals surface area contributed by atoms with E-state index in [2.05, 4.69) is 5.16 Å². The molecule has 24 heavy (non-hydrogen) atoms. The molecule has 0 unspecified atom stereocenters. The molecule has 1 aliphatic rings. The smallest absolute Gasteiger partial charge is 0.356 e. The van der Waals surface area contributed by atoms with Crippen LogP contribution in [0.4, 0.5) is 0 Å². The molecule has 0 amide bonds. The fraction of sp³-hybridized carbons (Fsp3) is 0.278. The minimum absolute atomic E-state index is 0.186. The molecule has 2 aromatic carbocycles. The normalized spacial score (nSPS) is 16.4. The predicted octanol–water partition coefficient (Wildman–Crippen LogP) is 2.74. The standard InChI is InChI=1S/C18H17NO5/c1-2-22-18(21)16-9-13(24-19-16)11-23-17-8-7-12-5-3-4-6-14(12)15(17)10-20/h3-8,10,13H,2,9,11H2,1H3/t13-/m0/s1. The second kappa shape index (κ2) is 7.12. The molecule has 1 aliphatic heterocycles. The molecule has 0 aliphatic carbocycles. The molecule has 6 nitrogen and oxygen atoms in total. The van der Waals surface area contributed by atoms with E-state index in [1.165, 1.54) is 0 Å². The first kappa shape index (κ1) is 16.0. The van der Waals surface area contributed by atoms with Gasteiger partial charge in [-0.2, -0.15) is 0 Å². The van der Waals surface area contributed by atoms with Gasteiger partial charge in [-0.25, -0.2) is 4.79 Å². The minimum atomic E-state index is -0.473. The van der Waals surface area contributed by atoms with Gasteiger partial charge in [0.15, 0.2) is 18.1 Å². The molecular formula is C18H17NO5. The van der Waals surface area contributed by atoms with Gasteiger partial charge in [0.05, 0.1) is 12.2 Å². The number of rotatable bonds is 6. The summed E-state index contributed by atoms with van der Waals surface area (Å²) in [5.74, 6) is 0.0103. The second-order valence-electron chi connectivity index (χ2n) is 5.32. The molecule has 0 saturated carbocycles. The first-order chi connectivity index (χ1) is 11.7. The third kappa shape index (κ3) is 3.22. The lowest BCUT2D eigenvalue weighted by molar-refractivity contribution is -0.135. The summed E-state index contributed by atoms with van der Waals surface area (Å²) in [6.45, 7) is 2.21. The van der Waals surface area contributed by atoms with Crippen molar-refractivity contribution < 1.29 is 23.9 Å². The number of esters is 1. The van der Waals surface area contributed by atoms with Crippen LogP contribution in [0.5, 0.6) is 5.75 Å². The quantitative estimate of drug-likeness (QED) is 0.602. The van der Waals surface area contributed by atoms with Crippen LogP contribution in [0.2, 0.25) is 0 Å². The Morgan fingerprint density at radius 2 is 2.17 bits per heavy atom. The van der Waals surface area contributed by atoms with Gasteiger partial charge in [0.25, 0.3) is 0 Å². The van der Waals surface area contributed by atoms with Crippen molar-refractivity contribution in [2.24, 2.45) is 5.16 Å². The van der Waals surface area contributed by atoms with Crippen LogP contribution in [0, 0.1) is 0 Å². The Kier molecular flexibility index (Phi) is 4.74. The summed E-state index contributed by atoms with van der Waals surface area (Å²) in [6.07, 6.45) is 0.728. The Balaban J connectivity index is 1.67. The van der Waals surface area contributed by atoms with Crippen LogP contribution in [-0.2, 0) is 14.4 Å². The van der Waals surface area contributed by atoms with Crippen LogP contribution in [0.25, 0.3) is 10.8 Å². The molecule has 0 aromatic heterocycles. The Labute approximate surface area is 139 Å². The number of benzene rings is 2. The number of hydrogen-bond donors (Lipinski definition) is 0. The van der Waals surface area contributed by atoms with E-state index in [0.717, 1.165) is 17.1 Å². The number of ether oxygens (including phenoxy) is 2. The first-order valence-electron chi connectivity index (χ1n) is 7.72. The highest BCUT2D eigenvalue weighted by molar-refractivity contribution is 6.36. The Hall–Kier alpha value is -2.89. The summed E-state index contributed by atoms with van der Waals surface area (Å²) in [5.41, 5.74) is 0.747. The molecule has 0 saturated heterocycles. The van der Waals surface area contributed by atoms with Gasteiger partial charge in [0, 0.05) is 6.42 Å². The lowest BCUT2D eigenvalue weighted by Gasteiger charge is -2.13. The molecule has 0 radical (unpaired) electrons. The highest BCUT2D eigenvalue weighted by atomic mass is 16.7. The predicted molar refractivity (Wildman–Crippen MR) is 88.4 cm³/mol. The maximum atomic E-state index is 11.6. The molecule has 3 rings (SSSR count). The van der Waals surface area contributed by atoms with Gasteiger partial charge in [0.1, 0.15) is 12.4 Å². The summed E-state index contributed by atoms with van der Waals surface area (Å²) in [4.78, 5) is 28.2. The van der Waals surface area contributed by atoms with Crippen molar-refractivity contribution in [3.05, 3.63) is 42.0 Å². The Morgan fingerprint density at radius 3 is 2.96 bits per heavy atom. The maximum absolute atomic E-state index is 11.6. The average Bonchev–Trinajstić information content (AvgIpc) is 3.08. The highest BCUT2D eigenvalue weighted by Crippen LogP contribution is 2.27. The van der Waals surface area contributed by atoms with E-state index in [4.69, 9.17) is 14.3 Å². The SMILES string of the molecule is CCOC(=O)C1=NO[C@H](COc2ccc3ccccc3c2C=O)C1. The lowest BCUT2D eigenvalue weighted by atomic mass is 10.0. The van der Waals surface area contributed by atoms with Gasteiger partial charge in [-0.1, -0.05) is 35.5 Å². The van der Waals surface area contributed by atoms with E-state index in [1.54, 1.807) is 13.0 Å². The van der Waals surface area contributed by atoms with E-state index in [1.807, 2.05) is 30.3 Å². The van der Waals surface area contributed by atoms with Gasteiger partial charge >= 0.3 is 5.97 Å². The van der Waals surface area contributed by atoms with Gasteiger partial charge in [-0.05, 0) is 23.8 Å². The van der Waals surface area contributed by atoms with Gasteiger partial charge in [-0.3, -0.25) is 4.79 Å². The first-order valence-corrected chi connectivity index (χ1v) is 7.72. The zero-order chi connectivity index (χ0) is 16.9. The molecular weight excluding hydrogens is 310 g/mol. The lowest BCUT2D eigenvalue weighted by Crippen LogP contribution is -2.22. The summed E-state index contributed by atoms with van der Waals surface area (Å²) in [5, 5.41) is 5.54. The fourth-order valence-corrected chi connectivity index (χ4v) is 2.56. The third-order valence-electron chi connectivity index (χ3n) is 3.72. The molecule has 124 valence electrons. The molecule has 0 N–H and O–H groups in total. The number of hydrogen-bond acceptors (Lipinski definition) is 6. The fourth-order valence-electron chi connectivity index (χ4n) is 2.56. The van der Waals surface area contributed by atoms with Crippen LogP contribution >= 0.6 is 0 Å². The minimum Gasteiger partial charge on any atom is -0.489 e. The average molecular weight is 327 g/mol. The van der Waals surface area contributed by atoms with Crippen LogP contribution in [-0.4, -0.2) is 37.3 Å². The van der Waals surface area contributed by atoms with Crippen LogP contribution in [0.1, 0.15) is 23.7 Å². The van der Waals surface area contributed by atoms with Gasteiger partial charge < -0.3 is 14.3 Å². The monoisotopic (exact) mass is 327 g/mol. The van der Waals surface area contributed by atoms with E-state index in [-0.39, 0.29) is 18.4 Å².